The van der Waals surface area contributed by atoms with Crippen LogP contribution in [-0.4, -0.2) is 19.6 Å². The van der Waals surface area contributed by atoms with E-state index in [4.69, 9.17) is 9.15 Å². The highest BCUT2D eigenvalue weighted by atomic mass is 79.9. The molecule has 1 amide bonds. The van der Waals surface area contributed by atoms with Gasteiger partial charge in [-0.1, -0.05) is 42.5 Å². The minimum Gasteiger partial charge on any atom is -0.450 e. The quantitative estimate of drug-likeness (QED) is 0.724. The number of carbonyl (C=O) groups excluding carboxylic acids is 1. The van der Waals surface area contributed by atoms with Gasteiger partial charge in [-0.25, -0.2) is 0 Å². The zero-order valence-corrected chi connectivity index (χ0v) is 14.2. The molecule has 0 bridgehead atoms. The van der Waals surface area contributed by atoms with Crippen LogP contribution in [0, 0.1) is 0 Å². The van der Waals surface area contributed by atoms with Crippen molar-refractivity contribution in [3.05, 3.63) is 70.4 Å². The third-order valence-electron chi connectivity index (χ3n) is 3.62. The largest absolute Gasteiger partial charge is 0.450 e. The van der Waals surface area contributed by atoms with Gasteiger partial charge in [0.25, 0.3) is 5.91 Å². The summed E-state index contributed by atoms with van der Waals surface area (Å²) in [7, 11) is 1.63. The number of ether oxygens (including phenoxy) is 1. The second-order valence-corrected chi connectivity index (χ2v) is 5.97. The number of amides is 1. The normalized spacial score (nSPS) is 12.3. The molecule has 0 radical (unpaired) electrons. The summed E-state index contributed by atoms with van der Waals surface area (Å²) in [6.07, 6.45) is -0.198. The van der Waals surface area contributed by atoms with Crippen LogP contribution in [0.25, 0.3) is 11.0 Å². The number of hydrogen-bond donors (Lipinski definition) is 1. The average Bonchev–Trinajstić information content (AvgIpc) is 3.02. The average molecular weight is 374 g/mol. The van der Waals surface area contributed by atoms with Gasteiger partial charge in [0, 0.05) is 19.0 Å². The molecule has 1 aromatic heterocycles. The van der Waals surface area contributed by atoms with Crippen molar-refractivity contribution < 1.29 is 13.9 Å². The Balaban J connectivity index is 1.72. The van der Waals surface area contributed by atoms with Crippen LogP contribution >= 0.6 is 15.9 Å². The Kier molecular flexibility index (Phi) is 4.79. The number of para-hydroxylation sites is 1. The van der Waals surface area contributed by atoms with Crippen LogP contribution in [0.15, 0.2) is 63.5 Å². The summed E-state index contributed by atoms with van der Waals surface area (Å²) >= 11 is 3.42. The molecule has 1 atom stereocenters. The van der Waals surface area contributed by atoms with E-state index in [1.807, 2.05) is 48.5 Å². The van der Waals surface area contributed by atoms with E-state index < -0.39 is 0 Å². The third-order valence-corrected chi connectivity index (χ3v) is 4.25. The molecule has 2 aromatic carbocycles. The third kappa shape index (κ3) is 3.46. The predicted octanol–water partition coefficient (Wildman–Crippen LogP) is 4.31. The molecule has 0 fully saturated rings. The highest BCUT2D eigenvalue weighted by Gasteiger charge is 2.16. The number of methoxy groups -OCH3 is 1. The highest BCUT2D eigenvalue weighted by Crippen LogP contribution is 2.27. The lowest BCUT2D eigenvalue weighted by Crippen LogP contribution is -2.28. The van der Waals surface area contributed by atoms with Crippen LogP contribution < -0.4 is 5.32 Å². The van der Waals surface area contributed by atoms with Crippen LogP contribution in [0.4, 0.5) is 0 Å². The van der Waals surface area contributed by atoms with E-state index in [2.05, 4.69) is 21.2 Å². The van der Waals surface area contributed by atoms with Gasteiger partial charge in [-0.3, -0.25) is 4.79 Å². The van der Waals surface area contributed by atoms with Crippen molar-refractivity contribution in [1.29, 1.82) is 0 Å². The standard InChI is InChI=1S/C18H16BrNO3/c1-22-16(12-6-3-2-4-7-12)11-20-18(21)15-10-13-8-5-9-14(19)17(13)23-15/h2-10,16H,11H2,1H3,(H,20,21). The molecule has 0 saturated heterocycles. The Morgan fingerprint density at radius 2 is 2.00 bits per heavy atom. The number of fused-ring (bicyclic) bond motifs is 1. The van der Waals surface area contributed by atoms with Crippen molar-refractivity contribution in [2.75, 3.05) is 13.7 Å². The molecule has 3 aromatic rings. The first-order chi connectivity index (χ1) is 11.2. The van der Waals surface area contributed by atoms with E-state index in [0.717, 1.165) is 15.4 Å². The maximum atomic E-state index is 12.3. The number of rotatable bonds is 5. The lowest BCUT2D eigenvalue weighted by molar-refractivity contribution is 0.0809. The van der Waals surface area contributed by atoms with Crippen LogP contribution in [-0.2, 0) is 4.74 Å². The molecule has 0 spiro atoms. The molecule has 0 aliphatic carbocycles. The number of benzene rings is 2. The topological polar surface area (TPSA) is 51.5 Å². The van der Waals surface area contributed by atoms with Crippen LogP contribution in [0.5, 0.6) is 0 Å². The molecule has 1 N–H and O–H groups in total. The number of carbonyl (C=O) groups is 1. The molecule has 1 unspecified atom stereocenters. The van der Waals surface area contributed by atoms with Crippen molar-refractivity contribution in [2.45, 2.75) is 6.10 Å². The molecule has 0 aliphatic heterocycles. The monoisotopic (exact) mass is 373 g/mol. The van der Waals surface area contributed by atoms with Gasteiger partial charge in [-0.2, -0.15) is 0 Å². The Bertz CT molecular complexity index is 814. The maximum Gasteiger partial charge on any atom is 0.287 e. The zero-order valence-electron chi connectivity index (χ0n) is 12.6. The number of nitrogens with one attached hydrogen (secondary N) is 1. The van der Waals surface area contributed by atoms with Gasteiger partial charge in [0.1, 0.15) is 5.58 Å². The van der Waals surface area contributed by atoms with Gasteiger partial charge < -0.3 is 14.5 Å². The second-order valence-electron chi connectivity index (χ2n) is 5.11. The van der Waals surface area contributed by atoms with Gasteiger partial charge in [0.05, 0.1) is 10.6 Å². The summed E-state index contributed by atoms with van der Waals surface area (Å²) in [5.41, 5.74) is 1.69. The van der Waals surface area contributed by atoms with Gasteiger partial charge in [0.2, 0.25) is 0 Å². The van der Waals surface area contributed by atoms with Crippen LogP contribution in [0.1, 0.15) is 22.2 Å². The summed E-state index contributed by atoms with van der Waals surface area (Å²) in [4.78, 5) is 12.3. The highest BCUT2D eigenvalue weighted by molar-refractivity contribution is 9.10. The minimum atomic E-state index is -0.258. The lowest BCUT2D eigenvalue weighted by atomic mass is 10.1. The molecule has 5 heteroatoms. The molecule has 4 nitrogen and oxygen atoms in total. The molecule has 0 saturated carbocycles. The van der Waals surface area contributed by atoms with Gasteiger partial charge >= 0.3 is 0 Å². The zero-order chi connectivity index (χ0) is 16.2. The van der Waals surface area contributed by atoms with E-state index in [0.29, 0.717) is 12.1 Å². The van der Waals surface area contributed by atoms with Crippen molar-refractivity contribution in [3.8, 4) is 0 Å². The fraction of sp³-hybridized carbons (Fsp3) is 0.167. The predicted molar refractivity (Wildman–Crippen MR) is 92.4 cm³/mol. The number of hydrogen-bond acceptors (Lipinski definition) is 3. The fourth-order valence-corrected chi connectivity index (χ4v) is 2.88. The van der Waals surface area contributed by atoms with E-state index in [1.165, 1.54) is 0 Å². The molecule has 0 aliphatic rings. The van der Waals surface area contributed by atoms with Crippen molar-refractivity contribution in [2.24, 2.45) is 0 Å². The summed E-state index contributed by atoms with van der Waals surface area (Å²) in [6.45, 7) is 0.373. The summed E-state index contributed by atoms with van der Waals surface area (Å²) in [5, 5.41) is 3.74. The first-order valence-corrected chi connectivity index (χ1v) is 8.02. The first kappa shape index (κ1) is 15.8. The van der Waals surface area contributed by atoms with Crippen molar-refractivity contribution >= 4 is 32.8 Å². The Labute approximate surface area is 142 Å². The van der Waals surface area contributed by atoms with E-state index in [-0.39, 0.29) is 17.8 Å². The first-order valence-electron chi connectivity index (χ1n) is 7.23. The number of furan rings is 1. The van der Waals surface area contributed by atoms with Crippen LogP contribution in [0.3, 0.4) is 0 Å². The summed E-state index contributed by atoms with van der Waals surface area (Å²) < 4.78 is 11.9. The summed E-state index contributed by atoms with van der Waals surface area (Å²) in [6, 6.07) is 17.2. The minimum absolute atomic E-state index is 0.198. The molecule has 1 heterocycles. The second kappa shape index (κ2) is 6.98. The van der Waals surface area contributed by atoms with Crippen LogP contribution in [0.2, 0.25) is 0 Å². The molecular weight excluding hydrogens is 358 g/mol. The van der Waals surface area contributed by atoms with Gasteiger partial charge in [-0.05, 0) is 33.6 Å². The smallest absolute Gasteiger partial charge is 0.287 e. The van der Waals surface area contributed by atoms with Gasteiger partial charge in [-0.15, -0.1) is 0 Å². The molecular formula is C18H16BrNO3. The molecule has 118 valence electrons. The van der Waals surface area contributed by atoms with Gasteiger partial charge in [0.15, 0.2) is 5.76 Å². The summed E-state index contributed by atoms with van der Waals surface area (Å²) in [5.74, 6) is 0.0286. The van der Waals surface area contributed by atoms with Crippen molar-refractivity contribution in [1.82, 2.24) is 5.32 Å². The fourth-order valence-electron chi connectivity index (χ4n) is 2.42. The Morgan fingerprint density at radius 1 is 1.22 bits per heavy atom. The van der Waals surface area contributed by atoms with E-state index in [1.54, 1.807) is 13.2 Å². The SMILES string of the molecule is COC(CNC(=O)c1cc2cccc(Br)c2o1)c1ccccc1. The molecule has 23 heavy (non-hydrogen) atoms. The lowest BCUT2D eigenvalue weighted by Gasteiger charge is -2.15. The Morgan fingerprint density at radius 3 is 2.70 bits per heavy atom. The number of halogens is 1. The Hall–Kier alpha value is -2.11. The molecule has 3 rings (SSSR count). The van der Waals surface area contributed by atoms with Crippen molar-refractivity contribution in [3.63, 3.8) is 0 Å². The maximum absolute atomic E-state index is 12.3. The van der Waals surface area contributed by atoms with E-state index in [9.17, 15) is 4.79 Å². The van der Waals surface area contributed by atoms with E-state index >= 15 is 0 Å².